The van der Waals surface area contributed by atoms with Crippen molar-refractivity contribution in [2.24, 2.45) is 7.05 Å². The van der Waals surface area contributed by atoms with E-state index in [0.29, 0.717) is 11.5 Å². The topological polar surface area (TPSA) is 59.8 Å². The zero-order valence-corrected chi connectivity index (χ0v) is 12.3. The number of imidazole rings is 1. The lowest BCUT2D eigenvalue weighted by molar-refractivity contribution is 0.102. The van der Waals surface area contributed by atoms with Gasteiger partial charge in [0, 0.05) is 24.8 Å². The molecule has 2 heterocycles. The summed E-state index contributed by atoms with van der Waals surface area (Å²) in [5.41, 5.74) is 4.25. The second-order valence-electron chi connectivity index (χ2n) is 5.72. The van der Waals surface area contributed by atoms with E-state index < -0.39 is 0 Å². The molecule has 1 aliphatic rings. The minimum Gasteiger partial charge on any atom is -0.334 e. The molecule has 1 aliphatic carbocycles. The van der Waals surface area contributed by atoms with Gasteiger partial charge in [-0.25, -0.2) is 4.98 Å². The lowest BCUT2D eigenvalue weighted by atomic mass is 10.1. The van der Waals surface area contributed by atoms with Crippen LogP contribution in [0.5, 0.6) is 0 Å². The summed E-state index contributed by atoms with van der Waals surface area (Å²) in [5.74, 6) is 0.338. The fraction of sp³-hybridized carbons (Fsp3) is 0.235. The molecule has 4 rings (SSSR count). The number of aromatic nitrogens is 3. The number of amides is 1. The first kappa shape index (κ1) is 13.0. The van der Waals surface area contributed by atoms with E-state index in [1.165, 1.54) is 0 Å². The van der Waals surface area contributed by atoms with E-state index in [4.69, 9.17) is 0 Å². The van der Waals surface area contributed by atoms with E-state index in [-0.39, 0.29) is 5.91 Å². The summed E-state index contributed by atoms with van der Waals surface area (Å²) in [6, 6.07) is 9.40. The number of carbonyl (C=O) groups is 1. The Hall–Kier alpha value is -2.69. The average Bonchev–Trinajstić information content (AvgIpc) is 3.32. The normalized spacial score (nSPS) is 14.2. The summed E-state index contributed by atoms with van der Waals surface area (Å²) in [4.78, 5) is 21.2. The molecule has 1 aromatic carbocycles. The number of nitrogens with one attached hydrogen (secondary N) is 1. The second-order valence-corrected chi connectivity index (χ2v) is 5.72. The SMILES string of the molecule is Cn1cnc2cc(NC(=O)c3cccnc3C3CC3)ccc21. The van der Waals surface area contributed by atoms with Crippen molar-refractivity contribution in [2.75, 3.05) is 5.32 Å². The van der Waals surface area contributed by atoms with Crippen molar-refractivity contribution in [2.45, 2.75) is 18.8 Å². The number of anilines is 1. The van der Waals surface area contributed by atoms with Gasteiger partial charge in [0.25, 0.3) is 5.91 Å². The summed E-state index contributed by atoms with van der Waals surface area (Å²) in [6.45, 7) is 0. The highest BCUT2D eigenvalue weighted by molar-refractivity contribution is 6.05. The Morgan fingerprint density at radius 3 is 2.95 bits per heavy atom. The average molecular weight is 292 g/mol. The quantitative estimate of drug-likeness (QED) is 0.807. The van der Waals surface area contributed by atoms with Crippen LogP contribution in [0.3, 0.4) is 0 Å². The fourth-order valence-corrected chi connectivity index (χ4v) is 2.70. The van der Waals surface area contributed by atoms with Crippen molar-refractivity contribution >= 4 is 22.6 Å². The number of hydrogen-bond acceptors (Lipinski definition) is 3. The Labute approximate surface area is 128 Å². The zero-order valence-electron chi connectivity index (χ0n) is 12.3. The highest BCUT2D eigenvalue weighted by Crippen LogP contribution is 2.40. The maximum absolute atomic E-state index is 12.5. The molecule has 0 aliphatic heterocycles. The molecule has 1 N–H and O–H groups in total. The first-order chi connectivity index (χ1) is 10.7. The highest BCUT2D eigenvalue weighted by Gasteiger charge is 2.29. The molecule has 0 spiro atoms. The Balaban J connectivity index is 1.63. The molecule has 0 bridgehead atoms. The number of nitrogens with zero attached hydrogens (tertiary/aromatic N) is 3. The van der Waals surface area contributed by atoms with Gasteiger partial charge in [0.1, 0.15) is 0 Å². The van der Waals surface area contributed by atoms with E-state index in [0.717, 1.165) is 35.3 Å². The minimum absolute atomic E-state index is 0.106. The molecule has 110 valence electrons. The Morgan fingerprint density at radius 1 is 1.27 bits per heavy atom. The standard InChI is InChI=1S/C17H16N4O/c1-21-10-19-14-9-12(6-7-15(14)21)20-17(22)13-3-2-8-18-16(13)11-4-5-11/h2-3,6-11H,4-5H2,1H3,(H,20,22). The third-order valence-corrected chi connectivity index (χ3v) is 4.03. The number of rotatable bonds is 3. The van der Waals surface area contributed by atoms with Crippen LogP contribution in [-0.4, -0.2) is 20.4 Å². The number of fused-ring (bicyclic) bond motifs is 1. The second kappa shape index (κ2) is 4.94. The third kappa shape index (κ3) is 2.24. The number of carbonyl (C=O) groups excluding carboxylic acids is 1. The molecule has 0 radical (unpaired) electrons. The highest BCUT2D eigenvalue weighted by atomic mass is 16.1. The molecule has 5 nitrogen and oxygen atoms in total. The predicted molar refractivity (Wildman–Crippen MR) is 84.9 cm³/mol. The Kier molecular flexibility index (Phi) is 2.92. The van der Waals surface area contributed by atoms with Crippen LogP contribution in [0.1, 0.15) is 34.8 Å². The molecule has 2 aromatic heterocycles. The van der Waals surface area contributed by atoms with Crippen molar-refractivity contribution < 1.29 is 4.79 Å². The predicted octanol–water partition coefficient (Wildman–Crippen LogP) is 3.10. The van der Waals surface area contributed by atoms with Crippen LogP contribution < -0.4 is 5.32 Å². The van der Waals surface area contributed by atoms with Crippen LogP contribution in [0.15, 0.2) is 42.9 Å². The summed E-state index contributed by atoms with van der Waals surface area (Å²) < 4.78 is 1.95. The summed E-state index contributed by atoms with van der Waals surface area (Å²) >= 11 is 0. The van der Waals surface area contributed by atoms with E-state index in [9.17, 15) is 4.79 Å². The van der Waals surface area contributed by atoms with Gasteiger partial charge in [-0.2, -0.15) is 0 Å². The number of pyridine rings is 1. The van der Waals surface area contributed by atoms with Gasteiger partial charge in [0.05, 0.1) is 28.6 Å². The Morgan fingerprint density at radius 2 is 2.14 bits per heavy atom. The summed E-state index contributed by atoms with van der Waals surface area (Å²) in [7, 11) is 1.95. The third-order valence-electron chi connectivity index (χ3n) is 4.03. The van der Waals surface area contributed by atoms with Crippen LogP contribution in [0.25, 0.3) is 11.0 Å². The molecule has 0 atom stereocenters. The maximum atomic E-state index is 12.5. The van der Waals surface area contributed by atoms with Gasteiger partial charge >= 0.3 is 0 Å². The van der Waals surface area contributed by atoms with E-state index in [1.54, 1.807) is 12.5 Å². The van der Waals surface area contributed by atoms with Crippen molar-refractivity contribution in [1.29, 1.82) is 0 Å². The van der Waals surface area contributed by atoms with Gasteiger partial charge in [0.2, 0.25) is 0 Å². The van der Waals surface area contributed by atoms with Crippen LogP contribution >= 0.6 is 0 Å². The first-order valence-corrected chi connectivity index (χ1v) is 7.40. The molecule has 1 saturated carbocycles. The van der Waals surface area contributed by atoms with Gasteiger partial charge in [-0.1, -0.05) is 0 Å². The number of hydrogen-bond donors (Lipinski definition) is 1. The van der Waals surface area contributed by atoms with Crippen molar-refractivity contribution in [3.05, 3.63) is 54.1 Å². The lowest BCUT2D eigenvalue weighted by Gasteiger charge is -2.09. The molecule has 0 unspecified atom stereocenters. The van der Waals surface area contributed by atoms with E-state index >= 15 is 0 Å². The largest absolute Gasteiger partial charge is 0.334 e. The molecular formula is C17H16N4O. The van der Waals surface area contributed by atoms with E-state index in [1.807, 2.05) is 41.9 Å². The Bertz CT molecular complexity index is 864. The van der Waals surface area contributed by atoms with E-state index in [2.05, 4.69) is 15.3 Å². The van der Waals surface area contributed by atoms with Crippen molar-refractivity contribution in [1.82, 2.24) is 14.5 Å². The minimum atomic E-state index is -0.106. The molecule has 1 fully saturated rings. The van der Waals surface area contributed by atoms with Crippen LogP contribution in [-0.2, 0) is 7.05 Å². The summed E-state index contributed by atoms with van der Waals surface area (Å²) in [6.07, 6.45) is 5.77. The van der Waals surface area contributed by atoms with Crippen LogP contribution in [0.2, 0.25) is 0 Å². The van der Waals surface area contributed by atoms with Gasteiger partial charge < -0.3 is 9.88 Å². The van der Waals surface area contributed by atoms with Gasteiger partial charge in [-0.3, -0.25) is 9.78 Å². The van der Waals surface area contributed by atoms with Gasteiger partial charge in [-0.05, 0) is 43.2 Å². The monoisotopic (exact) mass is 292 g/mol. The molecule has 5 heteroatoms. The fourth-order valence-electron chi connectivity index (χ4n) is 2.70. The van der Waals surface area contributed by atoms with Crippen LogP contribution in [0, 0.1) is 0 Å². The van der Waals surface area contributed by atoms with Crippen LogP contribution in [0.4, 0.5) is 5.69 Å². The zero-order chi connectivity index (χ0) is 15.1. The molecule has 22 heavy (non-hydrogen) atoms. The smallest absolute Gasteiger partial charge is 0.257 e. The van der Waals surface area contributed by atoms with Gasteiger partial charge in [-0.15, -0.1) is 0 Å². The maximum Gasteiger partial charge on any atom is 0.257 e. The van der Waals surface area contributed by atoms with Crippen molar-refractivity contribution in [3.63, 3.8) is 0 Å². The molecule has 0 saturated heterocycles. The van der Waals surface area contributed by atoms with Crippen molar-refractivity contribution in [3.8, 4) is 0 Å². The number of aryl methyl sites for hydroxylation is 1. The lowest BCUT2D eigenvalue weighted by Crippen LogP contribution is -2.14. The first-order valence-electron chi connectivity index (χ1n) is 7.40. The van der Waals surface area contributed by atoms with Gasteiger partial charge in [0.15, 0.2) is 0 Å². The summed E-state index contributed by atoms with van der Waals surface area (Å²) in [5, 5.41) is 2.95. The molecule has 3 aromatic rings. The molecular weight excluding hydrogens is 276 g/mol. The number of benzene rings is 1. The molecule has 1 amide bonds.